The molecule has 0 saturated heterocycles. The zero-order valence-corrected chi connectivity index (χ0v) is 12.3. The molecule has 2 N–H and O–H groups in total. The topological polar surface area (TPSA) is 75.6 Å². The first-order valence-electron chi connectivity index (χ1n) is 6.19. The number of rotatable bonds is 3. The third-order valence-electron chi connectivity index (χ3n) is 3.31. The molecule has 0 bridgehead atoms. The molecule has 0 aromatic heterocycles. The van der Waals surface area contributed by atoms with E-state index in [9.17, 15) is 14.7 Å². The molecular weight excluding hydrogens is 294 g/mol. The number of halogens is 1. The first-order chi connectivity index (χ1) is 9.99. The number of esters is 1. The highest BCUT2D eigenvalue weighted by Crippen LogP contribution is 2.38. The van der Waals surface area contributed by atoms with E-state index in [0.29, 0.717) is 23.1 Å². The van der Waals surface area contributed by atoms with Gasteiger partial charge in [-0.05, 0) is 24.6 Å². The van der Waals surface area contributed by atoms with Crippen molar-refractivity contribution in [1.82, 2.24) is 5.32 Å². The van der Waals surface area contributed by atoms with Gasteiger partial charge >= 0.3 is 5.97 Å². The van der Waals surface area contributed by atoms with Gasteiger partial charge in [-0.1, -0.05) is 23.7 Å². The second-order valence-electron chi connectivity index (χ2n) is 4.57. The van der Waals surface area contributed by atoms with Crippen LogP contribution in [0.25, 0.3) is 0 Å². The molecule has 1 aliphatic heterocycles. The molecule has 0 saturated carbocycles. The molecule has 0 spiro atoms. The highest BCUT2D eigenvalue weighted by atomic mass is 35.5. The Balaban J connectivity index is 2.62. The standard InChI is InChI=1S/C15H14ClNO4/c1-8-12(15(20)21-2)13(11(7-18)14(16)17-8)9-3-5-10(19)6-4-9/h3-7,13,17,19H,1-2H3. The van der Waals surface area contributed by atoms with Gasteiger partial charge in [0.05, 0.1) is 12.7 Å². The van der Waals surface area contributed by atoms with Crippen LogP contribution in [0.3, 0.4) is 0 Å². The summed E-state index contributed by atoms with van der Waals surface area (Å²) < 4.78 is 4.80. The van der Waals surface area contributed by atoms with Crippen molar-refractivity contribution in [2.24, 2.45) is 0 Å². The Bertz CT molecular complexity index is 646. The highest BCUT2D eigenvalue weighted by molar-refractivity contribution is 6.31. The number of ether oxygens (including phenoxy) is 1. The number of dihydropyridines is 1. The van der Waals surface area contributed by atoms with E-state index in [1.165, 1.54) is 19.2 Å². The monoisotopic (exact) mass is 307 g/mol. The first-order valence-corrected chi connectivity index (χ1v) is 6.57. The number of hydrogen-bond acceptors (Lipinski definition) is 5. The Hall–Kier alpha value is -2.27. The van der Waals surface area contributed by atoms with Crippen molar-refractivity contribution in [2.75, 3.05) is 7.11 Å². The van der Waals surface area contributed by atoms with Crippen molar-refractivity contribution in [2.45, 2.75) is 12.8 Å². The number of carbonyl (C=O) groups excluding carboxylic acids is 2. The normalized spacial score (nSPS) is 18.3. The molecule has 6 heteroatoms. The van der Waals surface area contributed by atoms with E-state index in [4.69, 9.17) is 16.3 Å². The molecule has 2 rings (SSSR count). The minimum Gasteiger partial charge on any atom is -0.508 e. The molecule has 5 nitrogen and oxygen atoms in total. The van der Waals surface area contributed by atoms with Gasteiger partial charge in [0.25, 0.3) is 0 Å². The maximum Gasteiger partial charge on any atom is 0.336 e. The maximum absolute atomic E-state index is 12.0. The van der Waals surface area contributed by atoms with E-state index in [0.717, 1.165) is 0 Å². The molecule has 1 aliphatic rings. The summed E-state index contributed by atoms with van der Waals surface area (Å²) >= 11 is 6.07. The average Bonchev–Trinajstić information content (AvgIpc) is 2.46. The van der Waals surface area contributed by atoms with Crippen LogP contribution in [0.1, 0.15) is 18.4 Å². The zero-order valence-electron chi connectivity index (χ0n) is 11.5. The Morgan fingerprint density at radius 1 is 1.38 bits per heavy atom. The Labute approximate surface area is 126 Å². The number of methoxy groups -OCH3 is 1. The van der Waals surface area contributed by atoms with Crippen molar-refractivity contribution in [3.05, 3.63) is 51.8 Å². The maximum atomic E-state index is 12.0. The van der Waals surface area contributed by atoms with Crippen molar-refractivity contribution >= 4 is 23.9 Å². The number of hydrogen-bond donors (Lipinski definition) is 2. The highest BCUT2D eigenvalue weighted by Gasteiger charge is 2.34. The lowest BCUT2D eigenvalue weighted by atomic mass is 9.82. The van der Waals surface area contributed by atoms with Crippen molar-refractivity contribution in [1.29, 1.82) is 0 Å². The molecule has 1 atom stereocenters. The summed E-state index contributed by atoms with van der Waals surface area (Å²) in [6, 6.07) is 6.24. The predicted octanol–water partition coefficient (Wildman–Crippen LogP) is 2.18. The quantitative estimate of drug-likeness (QED) is 0.508. The van der Waals surface area contributed by atoms with Gasteiger partial charge in [-0.3, -0.25) is 4.79 Å². The van der Waals surface area contributed by atoms with Gasteiger partial charge < -0.3 is 15.2 Å². The minimum absolute atomic E-state index is 0.0933. The fraction of sp³-hybridized carbons (Fsp3) is 0.200. The third-order valence-corrected chi connectivity index (χ3v) is 3.63. The summed E-state index contributed by atoms with van der Waals surface area (Å²) in [5, 5.41) is 12.4. The average molecular weight is 308 g/mol. The number of nitrogens with one attached hydrogen (secondary N) is 1. The molecule has 21 heavy (non-hydrogen) atoms. The van der Waals surface area contributed by atoms with E-state index < -0.39 is 11.9 Å². The molecule has 0 amide bonds. The van der Waals surface area contributed by atoms with Crippen molar-refractivity contribution in [3.63, 3.8) is 0 Å². The fourth-order valence-electron chi connectivity index (χ4n) is 2.32. The van der Waals surface area contributed by atoms with Gasteiger partial charge in [-0.2, -0.15) is 0 Å². The Kier molecular flexibility index (Phi) is 4.33. The Morgan fingerprint density at radius 3 is 2.52 bits per heavy atom. The van der Waals surface area contributed by atoms with Crippen LogP contribution in [-0.4, -0.2) is 24.5 Å². The van der Waals surface area contributed by atoms with E-state index in [-0.39, 0.29) is 16.5 Å². The lowest BCUT2D eigenvalue weighted by Crippen LogP contribution is -2.28. The number of phenolic OH excluding ortho intramolecular Hbond substituents is 1. The molecule has 0 radical (unpaired) electrons. The van der Waals surface area contributed by atoms with Crippen molar-refractivity contribution in [3.8, 4) is 5.75 Å². The van der Waals surface area contributed by atoms with Crippen LogP contribution < -0.4 is 5.32 Å². The van der Waals surface area contributed by atoms with Crippen LogP contribution in [0.2, 0.25) is 0 Å². The lowest BCUT2D eigenvalue weighted by molar-refractivity contribution is -0.136. The van der Waals surface area contributed by atoms with Crippen LogP contribution in [-0.2, 0) is 14.3 Å². The summed E-state index contributed by atoms with van der Waals surface area (Å²) in [6.07, 6.45) is 0.613. The van der Waals surface area contributed by atoms with Crippen LogP contribution in [0.15, 0.2) is 46.3 Å². The smallest absolute Gasteiger partial charge is 0.336 e. The van der Waals surface area contributed by atoms with E-state index in [1.54, 1.807) is 19.1 Å². The van der Waals surface area contributed by atoms with Gasteiger partial charge in [0.2, 0.25) is 0 Å². The van der Waals surface area contributed by atoms with Gasteiger partial charge in [0.15, 0.2) is 0 Å². The van der Waals surface area contributed by atoms with Crippen LogP contribution in [0, 0.1) is 0 Å². The minimum atomic E-state index is -0.635. The van der Waals surface area contributed by atoms with E-state index >= 15 is 0 Å². The van der Waals surface area contributed by atoms with Crippen LogP contribution >= 0.6 is 11.6 Å². The summed E-state index contributed by atoms with van der Waals surface area (Å²) in [5.41, 5.74) is 1.74. The number of phenols is 1. The number of benzene rings is 1. The first kappa shape index (κ1) is 15.1. The summed E-state index contributed by atoms with van der Waals surface area (Å²) in [4.78, 5) is 23.4. The summed E-state index contributed by atoms with van der Waals surface area (Å²) in [5.74, 6) is -1.08. The van der Waals surface area contributed by atoms with Gasteiger partial charge in [-0.25, -0.2) is 4.79 Å². The number of aromatic hydroxyl groups is 1. The molecule has 1 unspecified atom stereocenters. The molecule has 110 valence electrons. The van der Waals surface area contributed by atoms with Gasteiger partial charge in [0, 0.05) is 17.2 Å². The Morgan fingerprint density at radius 2 is 2.00 bits per heavy atom. The predicted molar refractivity (Wildman–Crippen MR) is 77.6 cm³/mol. The third kappa shape index (κ3) is 2.78. The second kappa shape index (κ2) is 6.01. The largest absolute Gasteiger partial charge is 0.508 e. The van der Waals surface area contributed by atoms with Gasteiger partial charge in [-0.15, -0.1) is 0 Å². The SMILES string of the molecule is COC(=O)C1=C(C)NC(Cl)=C(C=O)C1c1ccc(O)cc1. The summed E-state index contributed by atoms with van der Waals surface area (Å²) in [6.45, 7) is 1.68. The molecule has 1 aromatic rings. The van der Waals surface area contributed by atoms with Crippen LogP contribution in [0.4, 0.5) is 0 Å². The lowest BCUT2D eigenvalue weighted by Gasteiger charge is -2.27. The number of aldehydes is 1. The number of allylic oxidation sites excluding steroid dienone is 2. The van der Waals surface area contributed by atoms with E-state index in [1.807, 2.05) is 0 Å². The second-order valence-corrected chi connectivity index (χ2v) is 4.94. The zero-order chi connectivity index (χ0) is 15.6. The molecular formula is C15H14ClNO4. The van der Waals surface area contributed by atoms with Crippen LogP contribution in [0.5, 0.6) is 5.75 Å². The molecule has 1 aromatic carbocycles. The fourth-order valence-corrected chi connectivity index (χ4v) is 2.61. The van der Waals surface area contributed by atoms with Gasteiger partial charge in [0.1, 0.15) is 17.2 Å². The van der Waals surface area contributed by atoms with E-state index in [2.05, 4.69) is 5.32 Å². The summed E-state index contributed by atoms with van der Waals surface area (Å²) in [7, 11) is 1.27. The van der Waals surface area contributed by atoms with Crippen molar-refractivity contribution < 1.29 is 19.4 Å². The molecule has 0 fully saturated rings. The molecule has 0 aliphatic carbocycles. The molecule has 1 heterocycles. The number of carbonyl (C=O) groups is 2.